The van der Waals surface area contributed by atoms with Crippen LogP contribution in [0.3, 0.4) is 0 Å². The van der Waals surface area contributed by atoms with Crippen LogP contribution in [0.1, 0.15) is 32.0 Å². The molecular weight excluding hydrogens is 420 g/mol. The number of fused-ring (bicyclic) bond motifs is 1. The van der Waals surface area contributed by atoms with E-state index in [1.807, 2.05) is 30.3 Å². The van der Waals surface area contributed by atoms with Crippen molar-refractivity contribution in [2.75, 3.05) is 5.73 Å². The normalized spacial score (nSPS) is 11.9. The molecule has 0 aliphatic heterocycles. The number of nitrogens with zero attached hydrogens (tertiary/aromatic N) is 1. The first kappa shape index (κ1) is 21.6. The zero-order chi connectivity index (χ0) is 22.0. The van der Waals surface area contributed by atoms with E-state index >= 15 is 0 Å². The summed E-state index contributed by atoms with van der Waals surface area (Å²) < 4.78 is 6.62. The number of rotatable bonds is 5. The van der Waals surface area contributed by atoms with Crippen LogP contribution in [0.25, 0.3) is 10.9 Å². The Labute approximate surface area is 190 Å². The predicted octanol–water partition coefficient (Wildman–Crippen LogP) is 5.09. The van der Waals surface area contributed by atoms with Crippen molar-refractivity contribution in [1.82, 2.24) is 4.98 Å². The molecule has 1 heterocycles. The first-order valence-electron chi connectivity index (χ1n) is 10.3. The number of hydrogen-bond acceptors (Lipinski definition) is 3. The highest BCUT2D eigenvalue weighted by molar-refractivity contribution is 6.80. The van der Waals surface area contributed by atoms with E-state index in [1.165, 1.54) is 10.4 Å². The van der Waals surface area contributed by atoms with Crippen LogP contribution in [0.2, 0.25) is 5.02 Å². The van der Waals surface area contributed by atoms with Gasteiger partial charge in [0.15, 0.2) is 0 Å². The van der Waals surface area contributed by atoms with Gasteiger partial charge in [0, 0.05) is 10.9 Å². The highest BCUT2D eigenvalue weighted by Gasteiger charge is 2.27. The van der Waals surface area contributed by atoms with Crippen LogP contribution in [0.4, 0.5) is 5.69 Å². The van der Waals surface area contributed by atoms with E-state index in [2.05, 4.69) is 69.3 Å². The van der Waals surface area contributed by atoms with E-state index in [1.54, 1.807) is 0 Å². The molecule has 0 aliphatic rings. The second-order valence-electron chi connectivity index (χ2n) is 8.59. The van der Waals surface area contributed by atoms with Crippen molar-refractivity contribution in [3.05, 3.63) is 95.1 Å². The summed E-state index contributed by atoms with van der Waals surface area (Å²) >= 11 is 6.91. The number of para-hydroxylation sites is 1. The van der Waals surface area contributed by atoms with E-state index in [4.69, 9.17) is 26.7 Å². The standard InChI is InChI=1S/C26H26ClN2OSi/c1-26(2,3)23-22(29-25-20(24(23)27)15-10-16-21(25)28)17-30-31(18-11-6-4-7-12-18)19-13-8-5-9-14-19/h4-16H,17,28H2,1-3H3. The number of benzene rings is 3. The third-order valence-electron chi connectivity index (χ3n) is 5.23. The van der Waals surface area contributed by atoms with Crippen molar-refractivity contribution in [2.24, 2.45) is 0 Å². The molecule has 0 amide bonds. The van der Waals surface area contributed by atoms with Crippen LogP contribution in [-0.2, 0) is 16.4 Å². The molecular formula is C26H26ClN2OSi. The van der Waals surface area contributed by atoms with Gasteiger partial charge >= 0.3 is 0 Å². The molecule has 0 unspecified atom stereocenters. The maximum Gasteiger partial charge on any atom is 0.283 e. The fraction of sp³-hybridized carbons (Fsp3) is 0.192. The van der Waals surface area contributed by atoms with E-state index < -0.39 is 9.04 Å². The minimum atomic E-state index is -1.45. The predicted molar refractivity (Wildman–Crippen MR) is 133 cm³/mol. The number of nitrogen functional groups attached to an aromatic ring is 1. The number of anilines is 1. The smallest absolute Gasteiger partial charge is 0.283 e. The molecule has 3 nitrogen and oxygen atoms in total. The van der Waals surface area contributed by atoms with Crippen molar-refractivity contribution in [2.45, 2.75) is 32.8 Å². The van der Waals surface area contributed by atoms with Crippen LogP contribution >= 0.6 is 11.6 Å². The lowest BCUT2D eigenvalue weighted by molar-refractivity contribution is 0.312. The molecule has 1 radical (unpaired) electrons. The largest absolute Gasteiger partial charge is 0.401 e. The van der Waals surface area contributed by atoms with Gasteiger partial charge in [-0.2, -0.15) is 0 Å². The maximum absolute atomic E-state index is 6.91. The fourth-order valence-electron chi connectivity index (χ4n) is 3.83. The molecule has 4 aromatic rings. The molecule has 2 N–H and O–H groups in total. The third kappa shape index (κ3) is 4.52. The molecule has 0 bridgehead atoms. The molecule has 157 valence electrons. The second-order valence-corrected chi connectivity index (χ2v) is 11.1. The van der Waals surface area contributed by atoms with Crippen LogP contribution in [0, 0.1) is 0 Å². The Bertz CT molecular complexity index is 1150. The quantitative estimate of drug-likeness (QED) is 0.344. The molecule has 0 atom stereocenters. The Morgan fingerprint density at radius 3 is 2.00 bits per heavy atom. The Balaban J connectivity index is 1.79. The molecule has 1 aromatic heterocycles. The van der Waals surface area contributed by atoms with Crippen molar-refractivity contribution >= 4 is 47.6 Å². The van der Waals surface area contributed by atoms with Crippen LogP contribution in [-0.4, -0.2) is 14.0 Å². The summed E-state index contributed by atoms with van der Waals surface area (Å²) in [6.45, 7) is 6.82. The average molecular weight is 446 g/mol. The van der Waals surface area contributed by atoms with Crippen molar-refractivity contribution in [3.8, 4) is 0 Å². The molecule has 0 fully saturated rings. The van der Waals surface area contributed by atoms with E-state index in [0.29, 0.717) is 17.3 Å². The Kier molecular flexibility index (Phi) is 6.14. The Morgan fingerprint density at radius 1 is 0.871 bits per heavy atom. The molecule has 0 spiro atoms. The van der Waals surface area contributed by atoms with Gasteiger partial charge < -0.3 is 10.2 Å². The van der Waals surface area contributed by atoms with Crippen molar-refractivity contribution in [1.29, 1.82) is 0 Å². The van der Waals surface area contributed by atoms with Crippen LogP contribution in [0.15, 0.2) is 78.9 Å². The van der Waals surface area contributed by atoms with Gasteiger partial charge in [-0.25, -0.2) is 4.98 Å². The molecule has 31 heavy (non-hydrogen) atoms. The second kappa shape index (κ2) is 8.83. The number of aromatic nitrogens is 1. The minimum absolute atomic E-state index is 0.187. The summed E-state index contributed by atoms with van der Waals surface area (Å²) in [5.41, 5.74) is 9.25. The van der Waals surface area contributed by atoms with Crippen molar-refractivity contribution in [3.63, 3.8) is 0 Å². The summed E-state index contributed by atoms with van der Waals surface area (Å²) in [6.07, 6.45) is 0. The zero-order valence-corrected chi connectivity index (χ0v) is 19.8. The van der Waals surface area contributed by atoms with E-state index in [0.717, 1.165) is 22.2 Å². The van der Waals surface area contributed by atoms with Crippen LogP contribution in [0.5, 0.6) is 0 Å². The summed E-state index contributed by atoms with van der Waals surface area (Å²) in [5, 5.41) is 3.98. The highest BCUT2D eigenvalue weighted by atomic mass is 35.5. The van der Waals surface area contributed by atoms with Crippen molar-refractivity contribution < 1.29 is 4.43 Å². The molecule has 0 saturated heterocycles. The summed E-state index contributed by atoms with van der Waals surface area (Å²) in [4.78, 5) is 4.94. The van der Waals surface area contributed by atoms with Gasteiger partial charge in [0.2, 0.25) is 0 Å². The van der Waals surface area contributed by atoms with Gasteiger partial charge in [-0.3, -0.25) is 0 Å². The topological polar surface area (TPSA) is 48.1 Å². The van der Waals surface area contributed by atoms with E-state index in [9.17, 15) is 0 Å². The van der Waals surface area contributed by atoms with Gasteiger partial charge in [0.25, 0.3) is 9.04 Å². The van der Waals surface area contributed by atoms with E-state index in [-0.39, 0.29) is 5.41 Å². The number of pyridine rings is 1. The molecule has 0 aliphatic carbocycles. The zero-order valence-electron chi connectivity index (χ0n) is 18.0. The number of hydrogen-bond donors (Lipinski definition) is 1. The van der Waals surface area contributed by atoms with Gasteiger partial charge in [-0.1, -0.05) is 105 Å². The first-order chi connectivity index (χ1) is 14.9. The monoisotopic (exact) mass is 445 g/mol. The number of nitrogens with two attached hydrogens (primary N) is 1. The SMILES string of the molecule is CC(C)(C)c1c(CO[Si](c2ccccc2)c2ccccc2)nc2c(N)cccc2c1Cl. The highest BCUT2D eigenvalue weighted by Crippen LogP contribution is 2.38. The third-order valence-corrected chi connectivity index (χ3v) is 7.77. The number of halogens is 1. The Morgan fingerprint density at radius 2 is 1.45 bits per heavy atom. The maximum atomic E-state index is 6.91. The first-order valence-corrected chi connectivity index (χ1v) is 12.1. The summed E-state index contributed by atoms with van der Waals surface area (Å²) in [5.74, 6) is 0. The summed E-state index contributed by atoms with van der Waals surface area (Å²) in [6, 6.07) is 26.5. The fourth-order valence-corrected chi connectivity index (χ4v) is 6.32. The summed E-state index contributed by atoms with van der Waals surface area (Å²) in [7, 11) is -1.45. The minimum Gasteiger partial charge on any atom is -0.401 e. The molecule has 5 heteroatoms. The van der Waals surface area contributed by atoms with Gasteiger partial charge in [0.05, 0.1) is 28.5 Å². The van der Waals surface area contributed by atoms with Gasteiger partial charge in [-0.05, 0) is 21.9 Å². The lowest BCUT2D eigenvalue weighted by Crippen LogP contribution is -2.44. The average Bonchev–Trinajstić information content (AvgIpc) is 2.75. The Hall–Kier alpha value is -2.66. The lowest BCUT2D eigenvalue weighted by Gasteiger charge is -2.26. The van der Waals surface area contributed by atoms with Gasteiger partial charge in [0.1, 0.15) is 0 Å². The molecule has 4 rings (SSSR count). The van der Waals surface area contributed by atoms with Crippen LogP contribution < -0.4 is 16.1 Å². The molecule has 0 saturated carbocycles. The lowest BCUT2D eigenvalue weighted by atomic mass is 9.85. The molecule has 3 aromatic carbocycles. The van der Waals surface area contributed by atoms with Gasteiger partial charge in [-0.15, -0.1) is 0 Å².